The van der Waals surface area contributed by atoms with Crippen molar-refractivity contribution < 1.29 is 19.2 Å². The second-order valence-corrected chi connectivity index (χ2v) is 37.6. The van der Waals surface area contributed by atoms with Crippen molar-refractivity contribution in [3.63, 3.8) is 0 Å². The summed E-state index contributed by atoms with van der Waals surface area (Å²) >= 11 is 24.6. The molecule has 2 N–H and O–H groups in total. The number of halogens is 7. The smallest absolute Gasteiger partial charge is 0.399 e. The van der Waals surface area contributed by atoms with Gasteiger partial charge in [0.15, 0.2) is 0 Å². The molecule has 18 heteroatoms. The molecule has 1 fully saturated rings. The molecule has 0 amide bonds. The number of hydrogen-bond acceptors (Lipinski definition) is 8. The second-order valence-electron chi connectivity index (χ2n) is 31.3. The monoisotopic (exact) mass is 2070 g/mol. The largest absolute Gasteiger partial charge is 0.495 e. The van der Waals surface area contributed by atoms with E-state index in [0.717, 1.165) is 87.4 Å². The Morgan fingerprint density at radius 2 is 0.656 bits per heavy atom. The third-order valence-electron chi connectivity index (χ3n) is 23.1. The molecule has 10 nitrogen and oxygen atoms in total. The molecule has 20 aromatic carbocycles. The minimum Gasteiger partial charge on any atom is -0.399 e. The van der Waals surface area contributed by atoms with Crippen LogP contribution in [0.2, 0.25) is 0 Å². The van der Waals surface area contributed by atoms with Gasteiger partial charge in [-0.3, -0.25) is 20.2 Å². The molecule has 22 rings (SSSR count). The summed E-state index contributed by atoms with van der Waals surface area (Å²) in [7, 11) is -0.354. The summed E-state index contributed by atoms with van der Waals surface area (Å²) in [6, 6.07) is 123. The fraction of sp³-hybridized carbons (Fsp3) is 0.0561. The molecule has 0 unspecified atom stereocenters. The Morgan fingerprint density at radius 3 is 1.16 bits per heavy atom. The number of hydrogen-bond donors (Lipinski definition) is 1. The predicted molar refractivity (Wildman–Crippen MR) is 550 cm³/mol. The van der Waals surface area contributed by atoms with Gasteiger partial charge >= 0.3 is 7.12 Å². The van der Waals surface area contributed by atoms with Crippen LogP contribution < -0.4 is 11.2 Å². The first-order valence-corrected chi connectivity index (χ1v) is 45.8. The van der Waals surface area contributed by atoms with Crippen LogP contribution in [0.4, 0.5) is 17.1 Å². The summed E-state index contributed by atoms with van der Waals surface area (Å²) in [5.41, 5.74) is 14.7. The molecule has 0 spiro atoms. The summed E-state index contributed by atoms with van der Waals surface area (Å²) in [4.78, 5) is 26.0. The standard InChI is InChI=1S/C27H16BrN.C20H20BBrO2.C20H12BrNO2.C20H14BrN.C14H8Br2.C6H4BrNO2/c28-18-14-15-21-23(16-18)19-10-4-5-11-20(19)25-22-12-6-7-13-24(22)29-27(26(21)25)17-8-2-1-3-9-17;1-19(2)20(3,4)24-21(23-19)18-11-13-9-10-14(22)12-17(13)15-7-5-6-8-16(15)18;21-14-10-9-13-11-19(17-7-3-4-8-20(17)22(23)24)16-6-2-1-5-15(16)18(13)12-14;21-14-10-9-13-11-19(17-7-3-4-8-20(17)22)16-6-2-1-5-15(16)18(13)12-14;15-10-6-5-9-7-14(16)12-4-2-1-3-11(12)13(9)8-10;7-5-3-1-2-4-6(5)8(9)10/h1-16H;5-12H,1-4H3;1-12H;1-12H,22H2;1-8H;1-4H. The van der Waals surface area contributed by atoms with Crippen LogP contribution >= 0.6 is 112 Å². The average molecular weight is 2080 g/mol. The molecule has 1 aliphatic heterocycles. The molecular formula is C107H74BBr7N4O6. The van der Waals surface area contributed by atoms with Crippen LogP contribution in [-0.4, -0.2) is 33.2 Å². The number of anilines is 1. The van der Waals surface area contributed by atoms with E-state index in [1.807, 2.05) is 66.7 Å². The molecule has 0 saturated carbocycles. The number of nitrogens with two attached hydrogens (primary N) is 1. The zero-order valence-electron chi connectivity index (χ0n) is 67.7. The van der Waals surface area contributed by atoms with Gasteiger partial charge < -0.3 is 15.0 Å². The average Bonchev–Trinajstić information content (AvgIpc) is 1.04. The molecule has 0 bridgehead atoms. The highest BCUT2D eigenvalue weighted by molar-refractivity contribution is 9.11. The van der Waals surface area contributed by atoms with E-state index in [2.05, 4.69) is 400 Å². The van der Waals surface area contributed by atoms with E-state index in [9.17, 15) is 20.2 Å². The number of nitro groups is 2. The SMILES string of the molecule is Brc1ccc2c(c1)c1ccccc1c1c3ccccc3nc(-c3ccccc3)c21.Brc1ccc2cc(Br)c3ccccc3c2c1.CC1(C)OB(c2cc3ccc(Br)cc3c3ccccc23)OC1(C)C.Nc1ccccc1-c1cc2ccc(Br)cc2c2ccccc12.O=[N+]([O-])c1ccccc1-c1cc2ccc(Br)cc2c2ccccc12.O=[N+]([O-])c1ccccc1Br. The molecule has 0 radical (unpaired) electrons. The quantitative estimate of drug-likeness (QED) is 0.0570. The molecule has 125 heavy (non-hydrogen) atoms. The third kappa shape index (κ3) is 17.6. The normalized spacial score (nSPS) is 12.6. The summed E-state index contributed by atoms with van der Waals surface area (Å²) in [6.07, 6.45) is 0. The number of pyridine rings is 1. The second kappa shape index (κ2) is 36.7. The molecule has 610 valence electrons. The number of benzene rings is 20. The maximum absolute atomic E-state index is 11.4. The van der Waals surface area contributed by atoms with Gasteiger partial charge in [-0.05, 0) is 271 Å². The molecule has 1 aromatic heterocycles. The Morgan fingerprint density at radius 1 is 0.296 bits per heavy atom. The highest BCUT2D eigenvalue weighted by atomic mass is 79.9. The molecule has 1 saturated heterocycles. The van der Waals surface area contributed by atoms with Crippen LogP contribution in [0.3, 0.4) is 0 Å². The van der Waals surface area contributed by atoms with Crippen LogP contribution in [0, 0.1) is 20.2 Å². The van der Waals surface area contributed by atoms with E-state index < -0.39 is 4.92 Å². The molecule has 21 aromatic rings. The molecule has 1 aliphatic rings. The van der Waals surface area contributed by atoms with E-state index in [-0.39, 0.29) is 34.6 Å². The fourth-order valence-electron chi connectivity index (χ4n) is 16.5. The van der Waals surface area contributed by atoms with Gasteiger partial charge in [-0.1, -0.05) is 344 Å². The highest BCUT2D eigenvalue weighted by Crippen LogP contribution is 2.47. The number of aromatic nitrogens is 1. The van der Waals surface area contributed by atoms with Gasteiger partial charge in [0, 0.05) is 71.9 Å². The Labute approximate surface area is 780 Å². The minimum absolute atomic E-state index is 0.0995. The van der Waals surface area contributed by atoms with E-state index >= 15 is 0 Å². The molecule has 2 heterocycles. The van der Waals surface area contributed by atoms with Crippen molar-refractivity contribution in [3.8, 4) is 33.5 Å². The van der Waals surface area contributed by atoms with Gasteiger partial charge in [-0.15, -0.1) is 0 Å². The first-order chi connectivity index (χ1) is 60.4. The fourth-order valence-corrected chi connectivity index (χ4v) is 19.4. The minimum atomic E-state index is -0.427. The molecule has 0 aliphatic carbocycles. The topological polar surface area (TPSA) is 144 Å². The maximum atomic E-state index is 11.4. The zero-order chi connectivity index (χ0) is 87.0. The lowest BCUT2D eigenvalue weighted by Gasteiger charge is -2.32. The van der Waals surface area contributed by atoms with Gasteiger partial charge in [0.25, 0.3) is 11.4 Å². The van der Waals surface area contributed by atoms with Crippen LogP contribution in [0.5, 0.6) is 0 Å². The number of nitrogen functional groups attached to an aromatic ring is 1. The van der Waals surface area contributed by atoms with Crippen molar-refractivity contribution in [2.75, 3.05) is 5.73 Å². The maximum Gasteiger partial charge on any atom is 0.495 e. The number of fused-ring (bicyclic) bond motifs is 20. The van der Waals surface area contributed by atoms with E-state index in [1.54, 1.807) is 30.3 Å². The van der Waals surface area contributed by atoms with E-state index in [1.165, 1.54) is 114 Å². The highest BCUT2D eigenvalue weighted by Gasteiger charge is 2.52. The molecule has 0 atom stereocenters. The van der Waals surface area contributed by atoms with E-state index in [0.29, 0.717) is 10.0 Å². The third-order valence-corrected chi connectivity index (χ3v) is 26.9. The van der Waals surface area contributed by atoms with Crippen molar-refractivity contribution in [1.29, 1.82) is 0 Å². The number of para-hydroxylation sites is 4. The summed E-state index contributed by atoms with van der Waals surface area (Å²) in [5, 5.41) is 49.5. The van der Waals surface area contributed by atoms with Gasteiger partial charge in [0.1, 0.15) is 0 Å². The lowest BCUT2D eigenvalue weighted by atomic mass is 9.75. The van der Waals surface area contributed by atoms with Crippen LogP contribution in [0.25, 0.3) is 163 Å². The Bertz CT molecular complexity index is 7840. The first kappa shape index (κ1) is 85.8. The van der Waals surface area contributed by atoms with Crippen molar-refractivity contribution in [2.24, 2.45) is 0 Å². The Balaban J connectivity index is 0.000000108. The first-order valence-electron chi connectivity index (χ1n) is 40.3. The van der Waals surface area contributed by atoms with Crippen molar-refractivity contribution >= 4 is 271 Å². The lowest BCUT2D eigenvalue weighted by Crippen LogP contribution is -2.41. The van der Waals surface area contributed by atoms with Crippen molar-refractivity contribution in [1.82, 2.24) is 4.98 Å². The van der Waals surface area contributed by atoms with Gasteiger partial charge in [0.2, 0.25) is 0 Å². The number of nitro benzene ring substituents is 2. The van der Waals surface area contributed by atoms with Gasteiger partial charge in [-0.25, -0.2) is 4.98 Å². The summed E-state index contributed by atoms with van der Waals surface area (Å²) in [5.74, 6) is 0. The lowest BCUT2D eigenvalue weighted by molar-refractivity contribution is -0.385. The Hall–Kier alpha value is -11.4. The zero-order valence-corrected chi connectivity index (χ0v) is 78.8. The van der Waals surface area contributed by atoms with Crippen LogP contribution in [0.15, 0.2) is 395 Å². The van der Waals surface area contributed by atoms with Gasteiger partial charge in [-0.2, -0.15) is 0 Å². The summed E-state index contributed by atoms with van der Waals surface area (Å²) in [6.45, 7) is 8.36. The van der Waals surface area contributed by atoms with Crippen LogP contribution in [-0.2, 0) is 9.31 Å². The van der Waals surface area contributed by atoms with E-state index in [4.69, 9.17) is 20.0 Å². The Kier molecular flexibility index (Phi) is 25.2. The molecular weight excluding hydrogens is 2010 g/mol. The van der Waals surface area contributed by atoms with Crippen molar-refractivity contribution in [3.05, 3.63) is 416 Å². The van der Waals surface area contributed by atoms with Crippen molar-refractivity contribution in [2.45, 2.75) is 38.9 Å². The number of rotatable bonds is 6. The summed E-state index contributed by atoms with van der Waals surface area (Å²) < 4.78 is 19.7. The number of nitrogens with zero attached hydrogens (tertiary/aromatic N) is 3. The van der Waals surface area contributed by atoms with Gasteiger partial charge in [0.05, 0.1) is 42.3 Å². The predicted octanol–water partition coefficient (Wildman–Crippen LogP) is 33.4. The van der Waals surface area contributed by atoms with Crippen LogP contribution in [0.1, 0.15) is 27.7 Å².